The number of aromatic nitrogens is 5. The van der Waals surface area contributed by atoms with Gasteiger partial charge in [0.15, 0.2) is 0 Å². The largest absolute Gasteiger partial charge is 0.464 e. The van der Waals surface area contributed by atoms with Gasteiger partial charge in [0.1, 0.15) is 23.8 Å². The van der Waals surface area contributed by atoms with Crippen molar-refractivity contribution >= 4 is 0 Å². The Morgan fingerprint density at radius 2 is 2.17 bits per heavy atom. The quantitative estimate of drug-likeness (QED) is 0.696. The summed E-state index contributed by atoms with van der Waals surface area (Å²) in [6.07, 6.45) is 5.55. The molecule has 0 bridgehead atoms. The van der Waals surface area contributed by atoms with Crippen LogP contribution in [0.5, 0.6) is 0 Å². The van der Waals surface area contributed by atoms with E-state index in [1.165, 1.54) is 0 Å². The minimum absolute atomic E-state index is 0.597. The zero-order chi connectivity index (χ0) is 12.4. The van der Waals surface area contributed by atoms with E-state index in [0.29, 0.717) is 13.1 Å². The fraction of sp³-hybridized carbons (Fsp3) is 0.250. The average molecular weight is 243 g/mol. The Hall–Kier alpha value is -2.37. The van der Waals surface area contributed by atoms with Gasteiger partial charge in [0.2, 0.25) is 0 Å². The molecule has 0 saturated heterocycles. The van der Waals surface area contributed by atoms with Crippen molar-refractivity contribution < 1.29 is 4.42 Å². The number of furan rings is 1. The molecular weight excluding hydrogens is 230 g/mol. The molecular formula is C12H13N5O. The minimum Gasteiger partial charge on any atom is -0.464 e. The summed E-state index contributed by atoms with van der Waals surface area (Å²) in [6.45, 7) is 3.15. The van der Waals surface area contributed by atoms with Gasteiger partial charge in [-0.3, -0.25) is 4.68 Å². The predicted octanol–water partition coefficient (Wildman–Crippen LogP) is 1.47. The Balaban J connectivity index is 1.69. The maximum absolute atomic E-state index is 5.50. The highest BCUT2D eigenvalue weighted by Gasteiger charge is 2.04. The third-order valence-corrected chi connectivity index (χ3v) is 2.58. The van der Waals surface area contributed by atoms with Gasteiger partial charge in [0.05, 0.1) is 12.7 Å². The first-order valence-corrected chi connectivity index (χ1v) is 5.71. The van der Waals surface area contributed by atoms with Crippen LogP contribution in [0.15, 0.2) is 41.2 Å². The smallest absolute Gasteiger partial charge is 0.125 e. The predicted molar refractivity (Wildman–Crippen MR) is 63.9 cm³/mol. The molecule has 6 nitrogen and oxygen atoms in total. The van der Waals surface area contributed by atoms with E-state index in [4.69, 9.17) is 4.42 Å². The van der Waals surface area contributed by atoms with Gasteiger partial charge in [0.25, 0.3) is 0 Å². The molecule has 0 N–H and O–H groups in total. The van der Waals surface area contributed by atoms with Crippen molar-refractivity contribution in [2.45, 2.75) is 20.0 Å². The van der Waals surface area contributed by atoms with Gasteiger partial charge in [-0.25, -0.2) is 4.68 Å². The summed E-state index contributed by atoms with van der Waals surface area (Å²) in [7, 11) is 0. The highest BCUT2D eigenvalue weighted by molar-refractivity contribution is 5.06. The molecule has 0 fully saturated rings. The Kier molecular flexibility index (Phi) is 2.68. The van der Waals surface area contributed by atoms with E-state index < -0.39 is 0 Å². The molecule has 0 aliphatic rings. The lowest BCUT2D eigenvalue weighted by molar-refractivity contribution is 0.455. The molecule has 3 rings (SSSR count). The number of rotatable bonds is 4. The summed E-state index contributed by atoms with van der Waals surface area (Å²) in [5.74, 6) is 1.78. The fourth-order valence-electron chi connectivity index (χ4n) is 1.78. The van der Waals surface area contributed by atoms with Gasteiger partial charge < -0.3 is 4.42 Å². The van der Waals surface area contributed by atoms with Crippen molar-refractivity contribution in [2.75, 3.05) is 0 Å². The van der Waals surface area contributed by atoms with Crippen LogP contribution in [0.2, 0.25) is 0 Å². The highest BCUT2D eigenvalue weighted by atomic mass is 16.3. The van der Waals surface area contributed by atoms with Crippen LogP contribution in [0, 0.1) is 6.92 Å². The first-order valence-electron chi connectivity index (χ1n) is 5.71. The van der Waals surface area contributed by atoms with E-state index in [9.17, 15) is 0 Å². The summed E-state index contributed by atoms with van der Waals surface area (Å²) in [4.78, 5) is 0. The van der Waals surface area contributed by atoms with E-state index in [-0.39, 0.29) is 0 Å². The van der Waals surface area contributed by atoms with Crippen molar-refractivity contribution in [1.82, 2.24) is 24.8 Å². The Morgan fingerprint density at radius 1 is 1.22 bits per heavy atom. The van der Waals surface area contributed by atoms with Crippen molar-refractivity contribution in [3.05, 3.63) is 54.0 Å². The Labute approximate surface area is 104 Å². The van der Waals surface area contributed by atoms with E-state index in [1.807, 2.05) is 42.2 Å². The second-order valence-corrected chi connectivity index (χ2v) is 4.12. The summed E-state index contributed by atoms with van der Waals surface area (Å²) in [5.41, 5.74) is 0.877. The van der Waals surface area contributed by atoms with Crippen LogP contribution in [0.25, 0.3) is 0 Å². The molecule has 0 saturated carbocycles. The van der Waals surface area contributed by atoms with Crippen LogP contribution in [-0.2, 0) is 13.1 Å². The zero-order valence-electron chi connectivity index (χ0n) is 10.0. The number of hydrogen-bond acceptors (Lipinski definition) is 4. The van der Waals surface area contributed by atoms with E-state index in [0.717, 1.165) is 17.2 Å². The van der Waals surface area contributed by atoms with E-state index >= 15 is 0 Å². The summed E-state index contributed by atoms with van der Waals surface area (Å²) in [6, 6.07) is 5.77. The van der Waals surface area contributed by atoms with Crippen LogP contribution >= 0.6 is 0 Å². The SMILES string of the molecule is Cc1ccc(Cn2cc(Cn3cccn3)nn2)o1. The number of hydrogen-bond donors (Lipinski definition) is 0. The number of aryl methyl sites for hydroxylation is 1. The Bertz CT molecular complexity index is 622. The summed E-state index contributed by atoms with van der Waals surface area (Å²) >= 11 is 0. The van der Waals surface area contributed by atoms with Crippen LogP contribution in [0.4, 0.5) is 0 Å². The van der Waals surface area contributed by atoms with Crippen LogP contribution in [0.3, 0.4) is 0 Å². The van der Waals surface area contributed by atoms with Crippen LogP contribution in [-0.4, -0.2) is 24.8 Å². The molecule has 18 heavy (non-hydrogen) atoms. The zero-order valence-corrected chi connectivity index (χ0v) is 10.0. The van der Waals surface area contributed by atoms with Crippen LogP contribution < -0.4 is 0 Å². The van der Waals surface area contributed by atoms with E-state index in [2.05, 4.69) is 15.4 Å². The normalized spacial score (nSPS) is 10.9. The van der Waals surface area contributed by atoms with Crippen LogP contribution in [0.1, 0.15) is 17.2 Å². The van der Waals surface area contributed by atoms with Gasteiger partial charge in [-0.1, -0.05) is 5.21 Å². The molecule has 0 amide bonds. The molecule has 0 aliphatic heterocycles. The van der Waals surface area contributed by atoms with Gasteiger partial charge in [0, 0.05) is 12.4 Å². The lowest BCUT2D eigenvalue weighted by atomic mass is 10.4. The van der Waals surface area contributed by atoms with Gasteiger partial charge in [-0.2, -0.15) is 5.10 Å². The molecule has 0 spiro atoms. The maximum atomic E-state index is 5.50. The molecule has 0 radical (unpaired) electrons. The molecule has 3 heterocycles. The first-order chi connectivity index (χ1) is 8.79. The fourth-order valence-corrected chi connectivity index (χ4v) is 1.78. The minimum atomic E-state index is 0.597. The Morgan fingerprint density at radius 3 is 2.89 bits per heavy atom. The van der Waals surface area contributed by atoms with E-state index in [1.54, 1.807) is 10.9 Å². The van der Waals surface area contributed by atoms with Crippen molar-refractivity contribution in [3.63, 3.8) is 0 Å². The topological polar surface area (TPSA) is 61.7 Å². The number of nitrogens with zero attached hydrogens (tertiary/aromatic N) is 5. The molecule has 0 aromatic carbocycles. The molecule has 0 unspecified atom stereocenters. The lowest BCUT2D eigenvalue weighted by Crippen LogP contribution is -2.00. The molecule has 3 aromatic rings. The van der Waals surface area contributed by atoms with Crippen molar-refractivity contribution in [1.29, 1.82) is 0 Å². The van der Waals surface area contributed by atoms with Gasteiger partial charge in [-0.15, -0.1) is 5.10 Å². The molecule has 6 heteroatoms. The third-order valence-electron chi connectivity index (χ3n) is 2.58. The maximum Gasteiger partial charge on any atom is 0.125 e. The molecule has 3 aromatic heterocycles. The summed E-state index contributed by atoms with van der Waals surface area (Å²) in [5, 5.41) is 12.3. The highest BCUT2D eigenvalue weighted by Crippen LogP contribution is 2.08. The van der Waals surface area contributed by atoms with Crippen molar-refractivity contribution in [3.8, 4) is 0 Å². The van der Waals surface area contributed by atoms with Gasteiger partial charge in [-0.05, 0) is 25.1 Å². The second-order valence-electron chi connectivity index (χ2n) is 4.12. The summed E-state index contributed by atoms with van der Waals surface area (Å²) < 4.78 is 9.07. The molecule has 92 valence electrons. The standard InChI is InChI=1S/C12H13N5O/c1-10-3-4-12(18-10)9-17-8-11(14-15-17)7-16-6-2-5-13-16/h2-6,8H,7,9H2,1H3. The molecule has 0 atom stereocenters. The monoisotopic (exact) mass is 243 g/mol. The van der Waals surface area contributed by atoms with Gasteiger partial charge >= 0.3 is 0 Å². The average Bonchev–Trinajstić information content (AvgIpc) is 3.04. The second kappa shape index (κ2) is 4.48. The lowest BCUT2D eigenvalue weighted by Gasteiger charge is -1.96. The third kappa shape index (κ3) is 2.32. The first kappa shape index (κ1) is 10.8. The molecule has 0 aliphatic carbocycles. The van der Waals surface area contributed by atoms with Crippen molar-refractivity contribution in [2.24, 2.45) is 0 Å².